The Labute approximate surface area is 149 Å². The first-order valence-electron chi connectivity index (χ1n) is 9.27. The molecule has 0 aliphatic carbocycles. The van der Waals surface area contributed by atoms with Crippen LogP contribution in [0, 0.1) is 10.8 Å². The fourth-order valence-electron chi connectivity index (χ4n) is 2.71. The van der Waals surface area contributed by atoms with Crippen molar-refractivity contribution in [1.29, 1.82) is 0 Å². The Hall–Kier alpha value is -1.15. The fourth-order valence-corrected chi connectivity index (χ4v) is 2.71. The molecule has 0 amide bonds. The zero-order valence-corrected chi connectivity index (χ0v) is 16.6. The summed E-state index contributed by atoms with van der Waals surface area (Å²) >= 11 is 0. The molecule has 0 saturated heterocycles. The lowest BCUT2D eigenvalue weighted by Crippen LogP contribution is -2.09. The summed E-state index contributed by atoms with van der Waals surface area (Å²) in [7, 11) is 0. The maximum atomic E-state index is 12.2. The van der Waals surface area contributed by atoms with Crippen LogP contribution in [0.1, 0.15) is 83.1 Å². The van der Waals surface area contributed by atoms with E-state index < -0.39 is 0 Å². The number of Topliss-reactive ketones (excluding diaryl/α,β-unsaturated/α-hetero) is 1. The van der Waals surface area contributed by atoms with Crippen LogP contribution in [0.2, 0.25) is 0 Å². The minimum absolute atomic E-state index is 0.218. The Bertz CT molecular complexity index is 486. The van der Waals surface area contributed by atoms with E-state index >= 15 is 0 Å². The lowest BCUT2D eigenvalue weighted by Gasteiger charge is -2.18. The van der Waals surface area contributed by atoms with Crippen molar-refractivity contribution in [2.75, 3.05) is 13.2 Å². The Morgan fingerprint density at radius 1 is 0.875 bits per heavy atom. The van der Waals surface area contributed by atoms with Gasteiger partial charge in [-0.1, -0.05) is 65.8 Å². The number of ketones is 1. The fraction of sp³-hybridized carbons (Fsp3) is 0.682. The predicted molar refractivity (Wildman–Crippen MR) is 103 cm³/mol. The van der Waals surface area contributed by atoms with Crippen molar-refractivity contribution in [3.63, 3.8) is 0 Å². The molecular formula is C22H36O2. The number of benzene rings is 1. The van der Waals surface area contributed by atoms with Crippen molar-refractivity contribution < 1.29 is 9.53 Å². The van der Waals surface area contributed by atoms with Crippen LogP contribution in [0.4, 0.5) is 0 Å². The van der Waals surface area contributed by atoms with Crippen LogP contribution < -0.4 is 0 Å². The van der Waals surface area contributed by atoms with Crippen LogP contribution in [0.25, 0.3) is 0 Å². The van der Waals surface area contributed by atoms with Gasteiger partial charge >= 0.3 is 0 Å². The molecule has 0 aromatic heterocycles. The Balaban J connectivity index is 2.23. The minimum Gasteiger partial charge on any atom is -0.381 e. The predicted octanol–water partition coefficient (Wildman–Crippen LogP) is 6.08. The molecule has 1 rings (SSSR count). The first-order valence-corrected chi connectivity index (χ1v) is 9.27. The topological polar surface area (TPSA) is 26.3 Å². The normalized spacial score (nSPS) is 12.4. The van der Waals surface area contributed by atoms with E-state index in [0.29, 0.717) is 18.4 Å². The highest BCUT2D eigenvalue weighted by Gasteiger charge is 2.12. The van der Waals surface area contributed by atoms with Crippen molar-refractivity contribution in [1.82, 2.24) is 0 Å². The summed E-state index contributed by atoms with van der Waals surface area (Å²) in [6, 6.07) is 8.10. The number of ether oxygens (including phenoxy) is 1. The maximum absolute atomic E-state index is 12.2. The van der Waals surface area contributed by atoms with Crippen molar-refractivity contribution in [3.8, 4) is 0 Å². The quantitative estimate of drug-likeness (QED) is 0.404. The van der Waals surface area contributed by atoms with E-state index in [9.17, 15) is 4.79 Å². The third-order valence-corrected chi connectivity index (χ3v) is 3.92. The maximum Gasteiger partial charge on any atom is 0.162 e. The lowest BCUT2D eigenvalue weighted by molar-refractivity contribution is 0.0926. The monoisotopic (exact) mass is 332 g/mol. The zero-order chi connectivity index (χ0) is 18.2. The molecule has 0 heterocycles. The van der Waals surface area contributed by atoms with Crippen molar-refractivity contribution in [2.45, 2.75) is 73.6 Å². The van der Waals surface area contributed by atoms with Gasteiger partial charge in [0.05, 0.1) is 0 Å². The van der Waals surface area contributed by atoms with Crippen molar-refractivity contribution >= 4 is 5.78 Å². The van der Waals surface area contributed by atoms with Crippen LogP contribution in [0.3, 0.4) is 0 Å². The molecule has 2 heteroatoms. The number of hydrogen-bond acceptors (Lipinski definition) is 2. The molecule has 0 unspecified atom stereocenters. The van der Waals surface area contributed by atoms with E-state index in [1.54, 1.807) is 0 Å². The van der Waals surface area contributed by atoms with Gasteiger partial charge in [-0.05, 0) is 42.1 Å². The summed E-state index contributed by atoms with van der Waals surface area (Å²) in [6.07, 6.45) is 4.67. The van der Waals surface area contributed by atoms with Crippen molar-refractivity contribution in [2.24, 2.45) is 10.8 Å². The second kappa shape index (κ2) is 9.36. The number of carbonyl (C=O) groups is 1. The second-order valence-corrected chi connectivity index (χ2v) is 9.24. The summed E-state index contributed by atoms with van der Waals surface area (Å²) in [6.45, 7) is 14.9. The second-order valence-electron chi connectivity index (χ2n) is 9.24. The molecule has 0 bridgehead atoms. The van der Waals surface area contributed by atoms with E-state index in [1.807, 2.05) is 12.1 Å². The first-order chi connectivity index (χ1) is 11.1. The molecule has 1 aromatic carbocycles. The molecule has 0 spiro atoms. The Morgan fingerprint density at radius 3 is 2.00 bits per heavy atom. The summed E-state index contributed by atoms with van der Waals surface area (Å²) in [4.78, 5) is 12.2. The first kappa shape index (κ1) is 20.9. The molecule has 24 heavy (non-hydrogen) atoms. The van der Waals surface area contributed by atoms with E-state index in [1.165, 1.54) is 12.0 Å². The van der Waals surface area contributed by atoms with Gasteiger partial charge in [-0.15, -0.1) is 0 Å². The third kappa shape index (κ3) is 9.87. The van der Waals surface area contributed by atoms with Gasteiger partial charge in [-0.3, -0.25) is 4.79 Å². The summed E-state index contributed by atoms with van der Waals surface area (Å²) in [5, 5.41) is 0. The van der Waals surface area contributed by atoms with Gasteiger partial charge < -0.3 is 4.74 Å². The molecule has 0 atom stereocenters. The van der Waals surface area contributed by atoms with E-state index in [2.05, 4.69) is 53.7 Å². The summed E-state index contributed by atoms with van der Waals surface area (Å²) < 4.78 is 5.64. The molecule has 1 aromatic rings. The van der Waals surface area contributed by atoms with E-state index in [4.69, 9.17) is 4.74 Å². The zero-order valence-electron chi connectivity index (χ0n) is 16.6. The molecule has 136 valence electrons. The van der Waals surface area contributed by atoms with Crippen LogP contribution in [-0.4, -0.2) is 19.0 Å². The van der Waals surface area contributed by atoms with Crippen LogP contribution in [0.15, 0.2) is 24.3 Å². The molecule has 0 fully saturated rings. The highest BCUT2D eigenvalue weighted by atomic mass is 16.5. The Kier molecular flexibility index (Phi) is 8.15. The molecule has 0 aliphatic rings. The van der Waals surface area contributed by atoms with Gasteiger partial charge in [0.1, 0.15) is 0 Å². The molecule has 0 aliphatic heterocycles. The Morgan fingerprint density at radius 2 is 1.46 bits per heavy atom. The third-order valence-electron chi connectivity index (χ3n) is 3.92. The summed E-state index contributed by atoms with van der Waals surface area (Å²) in [5.41, 5.74) is 2.76. The minimum atomic E-state index is 0.218. The number of carbonyl (C=O) groups excluding carboxylic acids is 1. The van der Waals surface area contributed by atoms with Gasteiger partial charge in [0.2, 0.25) is 0 Å². The average molecular weight is 333 g/mol. The number of rotatable bonds is 9. The van der Waals surface area contributed by atoms with Crippen LogP contribution in [0.5, 0.6) is 0 Å². The highest BCUT2D eigenvalue weighted by Crippen LogP contribution is 2.21. The van der Waals surface area contributed by atoms with Gasteiger partial charge in [0, 0.05) is 25.2 Å². The van der Waals surface area contributed by atoms with Gasteiger partial charge in [-0.25, -0.2) is 0 Å². The average Bonchev–Trinajstić information content (AvgIpc) is 2.44. The largest absolute Gasteiger partial charge is 0.381 e. The SMILES string of the molecule is CC(C)(C)CCCOCCCC(=O)c1ccc(CC(C)(C)C)cc1. The van der Waals surface area contributed by atoms with Gasteiger partial charge in [0.15, 0.2) is 5.78 Å². The standard InChI is InChI=1S/C22H36O2/c1-21(2,3)14-8-16-24-15-7-9-20(23)19-12-10-18(11-13-19)17-22(4,5)6/h10-13H,7-9,14-17H2,1-6H3. The van der Waals surface area contributed by atoms with E-state index in [-0.39, 0.29) is 11.2 Å². The molecule has 0 saturated carbocycles. The van der Waals surface area contributed by atoms with Gasteiger partial charge in [-0.2, -0.15) is 0 Å². The van der Waals surface area contributed by atoms with Gasteiger partial charge in [0.25, 0.3) is 0 Å². The smallest absolute Gasteiger partial charge is 0.162 e. The highest BCUT2D eigenvalue weighted by molar-refractivity contribution is 5.96. The molecular weight excluding hydrogens is 296 g/mol. The van der Waals surface area contributed by atoms with Crippen molar-refractivity contribution in [3.05, 3.63) is 35.4 Å². The van der Waals surface area contributed by atoms with Crippen LogP contribution in [-0.2, 0) is 11.2 Å². The van der Waals surface area contributed by atoms with Crippen LogP contribution >= 0.6 is 0 Å². The lowest BCUT2D eigenvalue weighted by atomic mass is 9.88. The molecule has 0 radical (unpaired) electrons. The molecule has 0 N–H and O–H groups in total. The molecule has 2 nitrogen and oxygen atoms in total. The summed E-state index contributed by atoms with van der Waals surface area (Å²) in [5.74, 6) is 0.218. The number of hydrogen-bond donors (Lipinski definition) is 0. The van der Waals surface area contributed by atoms with E-state index in [0.717, 1.165) is 31.4 Å².